The molecule has 8 nitrogen and oxygen atoms in total. The maximum atomic E-state index is 12.5. The van der Waals surface area contributed by atoms with Crippen LogP contribution >= 0.6 is 11.8 Å². The predicted molar refractivity (Wildman–Crippen MR) is 105 cm³/mol. The molecule has 2 aliphatic rings. The van der Waals surface area contributed by atoms with Crippen LogP contribution in [0.2, 0.25) is 0 Å². The summed E-state index contributed by atoms with van der Waals surface area (Å²) in [7, 11) is -3.94. The molecular formula is C19H16N2O6S2. The standard InChI is InChI=1S/C19H16N2O6S2/c22-17(11-15-18(23)20-13-6-2-3-7-14(13)28-15)27-10-9-21-19(24)12-5-1-4-8-16(12)29(21,25)26/h1-8,15H,9-11H2,(H,20,23)/t15-/m1/s1. The highest BCUT2D eigenvalue weighted by Gasteiger charge is 2.40. The van der Waals surface area contributed by atoms with Gasteiger partial charge in [-0.3, -0.25) is 14.4 Å². The fraction of sp³-hybridized carbons (Fsp3) is 0.211. The van der Waals surface area contributed by atoms with Crippen molar-refractivity contribution in [2.75, 3.05) is 18.5 Å². The third-order valence-electron chi connectivity index (χ3n) is 4.53. The van der Waals surface area contributed by atoms with E-state index >= 15 is 0 Å². The highest BCUT2D eigenvalue weighted by molar-refractivity contribution is 8.01. The number of thioether (sulfide) groups is 1. The van der Waals surface area contributed by atoms with Crippen molar-refractivity contribution in [2.24, 2.45) is 0 Å². The van der Waals surface area contributed by atoms with Crippen LogP contribution in [0.4, 0.5) is 5.69 Å². The van der Waals surface area contributed by atoms with Gasteiger partial charge in [0.1, 0.15) is 11.5 Å². The molecule has 0 fully saturated rings. The lowest BCUT2D eigenvalue weighted by atomic mass is 10.2. The van der Waals surface area contributed by atoms with Gasteiger partial charge in [-0.15, -0.1) is 11.8 Å². The fourth-order valence-electron chi connectivity index (χ4n) is 3.13. The van der Waals surface area contributed by atoms with Gasteiger partial charge >= 0.3 is 5.97 Å². The average Bonchev–Trinajstić information content (AvgIpc) is 2.89. The first-order valence-corrected chi connectivity index (χ1v) is 11.1. The molecule has 10 heteroatoms. The van der Waals surface area contributed by atoms with Crippen molar-refractivity contribution >= 4 is 45.3 Å². The van der Waals surface area contributed by atoms with E-state index in [9.17, 15) is 22.8 Å². The van der Waals surface area contributed by atoms with Crippen LogP contribution in [-0.4, -0.2) is 48.9 Å². The zero-order valence-electron chi connectivity index (χ0n) is 15.0. The van der Waals surface area contributed by atoms with E-state index in [2.05, 4.69) is 5.32 Å². The normalized spacial score (nSPS) is 19.3. The molecule has 29 heavy (non-hydrogen) atoms. The fourth-order valence-corrected chi connectivity index (χ4v) is 5.78. The summed E-state index contributed by atoms with van der Waals surface area (Å²) in [4.78, 5) is 37.4. The topological polar surface area (TPSA) is 110 Å². The van der Waals surface area contributed by atoms with Gasteiger partial charge in [-0.1, -0.05) is 24.3 Å². The Morgan fingerprint density at radius 2 is 1.83 bits per heavy atom. The van der Waals surface area contributed by atoms with Gasteiger partial charge in [0, 0.05) is 4.90 Å². The summed E-state index contributed by atoms with van der Waals surface area (Å²) in [5, 5.41) is 2.10. The third kappa shape index (κ3) is 3.60. The lowest BCUT2D eigenvalue weighted by Crippen LogP contribution is -2.35. The van der Waals surface area contributed by atoms with E-state index in [0.29, 0.717) is 9.99 Å². The number of amides is 2. The van der Waals surface area contributed by atoms with E-state index < -0.39 is 27.1 Å². The number of sulfonamides is 1. The number of hydrogen-bond donors (Lipinski definition) is 1. The largest absolute Gasteiger partial charge is 0.464 e. The van der Waals surface area contributed by atoms with E-state index in [1.807, 2.05) is 12.1 Å². The number of carbonyl (C=O) groups excluding carboxylic acids is 3. The van der Waals surface area contributed by atoms with Crippen molar-refractivity contribution in [2.45, 2.75) is 21.5 Å². The Morgan fingerprint density at radius 1 is 1.10 bits per heavy atom. The lowest BCUT2D eigenvalue weighted by Gasteiger charge is -2.23. The molecule has 0 radical (unpaired) electrons. The predicted octanol–water partition coefficient (Wildman–Crippen LogP) is 1.88. The van der Waals surface area contributed by atoms with Gasteiger partial charge in [-0.25, -0.2) is 12.7 Å². The number of nitrogens with one attached hydrogen (secondary N) is 1. The first-order chi connectivity index (χ1) is 13.9. The molecule has 1 N–H and O–H groups in total. The number of hydrogen-bond acceptors (Lipinski definition) is 7. The minimum Gasteiger partial charge on any atom is -0.464 e. The Bertz CT molecular complexity index is 1120. The van der Waals surface area contributed by atoms with Crippen LogP contribution in [0.15, 0.2) is 58.3 Å². The van der Waals surface area contributed by atoms with E-state index in [1.165, 1.54) is 30.0 Å². The summed E-state index contributed by atoms with van der Waals surface area (Å²) in [6, 6.07) is 13.2. The van der Waals surface area contributed by atoms with E-state index in [0.717, 1.165) is 4.90 Å². The Hall–Kier alpha value is -2.85. The van der Waals surface area contributed by atoms with Gasteiger partial charge in [-0.2, -0.15) is 0 Å². The molecule has 4 rings (SSSR count). The summed E-state index contributed by atoms with van der Waals surface area (Å²) < 4.78 is 30.7. The number of rotatable bonds is 5. The Balaban J connectivity index is 1.33. The number of fused-ring (bicyclic) bond motifs is 2. The highest BCUT2D eigenvalue weighted by atomic mass is 32.2. The summed E-state index contributed by atoms with van der Waals surface area (Å²) in [5.74, 6) is -1.58. The number of benzene rings is 2. The molecule has 150 valence electrons. The van der Waals surface area contributed by atoms with Gasteiger partial charge in [0.25, 0.3) is 15.9 Å². The quantitative estimate of drug-likeness (QED) is 0.719. The van der Waals surface area contributed by atoms with Crippen molar-refractivity contribution in [3.8, 4) is 0 Å². The first-order valence-electron chi connectivity index (χ1n) is 8.76. The summed E-state index contributed by atoms with van der Waals surface area (Å²) in [6.07, 6.45) is -0.161. The van der Waals surface area contributed by atoms with Crippen molar-refractivity contribution in [3.05, 3.63) is 54.1 Å². The van der Waals surface area contributed by atoms with Crippen LogP contribution in [0.1, 0.15) is 16.8 Å². The summed E-state index contributed by atoms with van der Waals surface area (Å²) >= 11 is 1.27. The molecule has 2 aliphatic heterocycles. The van der Waals surface area contributed by atoms with Gasteiger partial charge in [-0.05, 0) is 24.3 Å². The molecule has 0 spiro atoms. The zero-order valence-corrected chi connectivity index (χ0v) is 16.7. The average molecular weight is 432 g/mol. The minimum absolute atomic E-state index is 0.0507. The lowest BCUT2D eigenvalue weighted by molar-refractivity contribution is -0.144. The minimum atomic E-state index is -3.94. The van der Waals surface area contributed by atoms with E-state index in [4.69, 9.17) is 4.74 Å². The molecule has 1 atom stereocenters. The van der Waals surface area contributed by atoms with Crippen LogP contribution in [0, 0.1) is 0 Å². The van der Waals surface area contributed by atoms with Crippen molar-refractivity contribution in [1.82, 2.24) is 4.31 Å². The molecular weight excluding hydrogens is 416 g/mol. The van der Waals surface area contributed by atoms with Crippen LogP contribution in [0.3, 0.4) is 0 Å². The number of anilines is 1. The SMILES string of the molecule is O=C(C[C@H]1Sc2ccccc2NC1=O)OCCN1C(=O)c2ccccc2S1(=O)=O. The van der Waals surface area contributed by atoms with Gasteiger partial charge in [0.05, 0.1) is 29.5 Å². The summed E-state index contributed by atoms with van der Waals surface area (Å²) in [5.41, 5.74) is 0.803. The molecule has 2 heterocycles. The number of carbonyl (C=O) groups is 3. The third-order valence-corrected chi connectivity index (χ3v) is 7.64. The maximum absolute atomic E-state index is 12.5. The number of para-hydroxylation sites is 1. The summed E-state index contributed by atoms with van der Waals surface area (Å²) in [6.45, 7) is -0.568. The van der Waals surface area contributed by atoms with E-state index in [-0.39, 0.29) is 35.9 Å². The molecule has 0 bridgehead atoms. The van der Waals surface area contributed by atoms with Crippen LogP contribution < -0.4 is 5.32 Å². The smallest absolute Gasteiger partial charge is 0.307 e. The first kappa shape index (κ1) is 19.5. The van der Waals surface area contributed by atoms with Gasteiger partial charge in [0.2, 0.25) is 5.91 Å². The molecule has 2 aromatic carbocycles. The molecule has 0 saturated heterocycles. The second-order valence-electron chi connectivity index (χ2n) is 6.39. The molecule has 0 unspecified atom stereocenters. The van der Waals surface area contributed by atoms with Crippen molar-refractivity contribution in [3.63, 3.8) is 0 Å². The van der Waals surface area contributed by atoms with Crippen molar-refractivity contribution < 1.29 is 27.5 Å². The highest BCUT2D eigenvalue weighted by Crippen LogP contribution is 2.36. The van der Waals surface area contributed by atoms with Crippen LogP contribution in [-0.2, 0) is 24.3 Å². The molecule has 2 amide bonds. The second-order valence-corrected chi connectivity index (χ2v) is 9.47. The number of nitrogens with zero attached hydrogens (tertiary/aromatic N) is 1. The molecule has 2 aromatic rings. The Labute approximate surface area is 171 Å². The van der Waals surface area contributed by atoms with E-state index in [1.54, 1.807) is 18.2 Å². The molecule has 0 saturated carbocycles. The van der Waals surface area contributed by atoms with Crippen LogP contribution in [0.25, 0.3) is 0 Å². The number of ether oxygens (including phenoxy) is 1. The second kappa shape index (κ2) is 7.53. The Kier molecular flexibility index (Phi) is 5.05. The maximum Gasteiger partial charge on any atom is 0.307 e. The Morgan fingerprint density at radius 3 is 2.62 bits per heavy atom. The molecule has 0 aliphatic carbocycles. The molecule has 0 aromatic heterocycles. The van der Waals surface area contributed by atoms with Gasteiger partial charge in [0.15, 0.2) is 0 Å². The number of esters is 1. The zero-order chi connectivity index (χ0) is 20.6. The monoisotopic (exact) mass is 432 g/mol. The van der Waals surface area contributed by atoms with Crippen LogP contribution in [0.5, 0.6) is 0 Å². The van der Waals surface area contributed by atoms with Crippen molar-refractivity contribution in [1.29, 1.82) is 0 Å². The van der Waals surface area contributed by atoms with Gasteiger partial charge < -0.3 is 10.1 Å².